The molecule has 0 spiro atoms. The number of rotatable bonds is 4. The predicted octanol–water partition coefficient (Wildman–Crippen LogP) is 4.11. The number of halogens is 3. The Balaban J connectivity index is 1.28. The van der Waals surface area contributed by atoms with Crippen molar-refractivity contribution in [2.45, 2.75) is 39.8 Å². The van der Waals surface area contributed by atoms with Gasteiger partial charge in [-0.05, 0) is 69.0 Å². The van der Waals surface area contributed by atoms with E-state index < -0.39 is 12.0 Å². The Morgan fingerprint density at radius 3 is 2.33 bits per heavy atom. The lowest BCUT2D eigenvalue weighted by Gasteiger charge is -2.32. The highest BCUT2D eigenvalue weighted by molar-refractivity contribution is 5.92. The van der Waals surface area contributed by atoms with Crippen molar-refractivity contribution < 1.29 is 18.0 Å². The summed E-state index contributed by atoms with van der Waals surface area (Å²) in [5.74, 6) is -0.529. The molecule has 0 atom stereocenters. The van der Waals surface area contributed by atoms with Crippen molar-refractivity contribution >= 4 is 23.2 Å². The van der Waals surface area contributed by atoms with Crippen LogP contribution < -0.4 is 10.2 Å². The van der Waals surface area contributed by atoms with Gasteiger partial charge in [-0.1, -0.05) is 6.07 Å². The molecule has 1 saturated heterocycles. The third-order valence-corrected chi connectivity index (χ3v) is 6.23. The summed E-state index contributed by atoms with van der Waals surface area (Å²) >= 11 is 0. The number of nitrogens with one attached hydrogen (secondary N) is 1. The van der Waals surface area contributed by atoms with E-state index in [1.807, 2.05) is 43.9 Å². The molecule has 36 heavy (non-hydrogen) atoms. The molecule has 1 aliphatic heterocycles. The van der Waals surface area contributed by atoms with Gasteiger partial charge in [-0.15, -0.1) is 15.3 Å². The fourth-order valence-corrected chi connectivity index (χ4v) is 4.58. The fraction of sp³-hybridized carbons (Fsp3) is 0.375. The Kier molecular flexibility index (Phi) is 5.89. The van der Waals surface area contributed by atoms with Crippen molar-refractivity contribution in [3.8, 4) is 5.69 Å². The summed E-state index contributed by atoms with van der Waals surface area (Å²) < 4.78 is 42.0. The molecule has 188 valence electrons. The van der Waals surface area contributed by atoms with Gasteiger partial charge < -0.3 is 10.2 Å². The number of amides is 1. The number of nitrogens with zero attached hydrogens (tertiary/aromatic N) is 7. The van der Waals surface area contributed by atoms with E-state index in [2.05, 4.69) is 31.8 Å². The highest BCUT2D eigenvalue weighted by atomic mass is 19.4. The highest BCUT2D eigenvalue weighted by Crippen LogP contribution is 2.29. The summed E-state index contributed by atoms with van der Waals surface area (Å²) in [7, 11) is 0. The first-order valence-electron chi connectivity index (χ1n) is 11.6. The average Bonchev–Trinajstić information content (AvgIpc) is 3.41. The summed E-state index contributed by atoms with van der Waals surface area (Å²) in [5, 5.41) is 18.4. The molecule has 1 aliphatic rings. The average molecular weight is 499 g/mol. The molecule has 1 amide bonds. The van der Waals surface area contributed by atoms with Crippen LogP contribution in [-0.2, 0) is 11.0 Å². The third kappa shape index (κ3) is 4.62. The third-order valence-electron chi connectivity index (χ3n) is 6.23. The molecule has 4 heterocycles. The van der Waals surface area contributed by atoms with Crippen LogP contribution in [0, 0.1) is 26.7 Å². The Hall–Kier alpha value is -3.96. The monoisotopic (exact) mass is 498 g/mol. The van der Waals surface area contributed by atoms with E-state index in [0.29, 0.717) is 42.1 Å². The molecule has 1 aromatic carbocycles. The molecule has 9 nitrogen and oxygen atoms in total. The van der Waals surface area contributed by atoms with E-state index in [9.17, 15) is 18.0 Å². The summed E-state index contributed by atoms with van der Waals surface area (Å²) in [5.41, 5.74) is 3.88. The molecule has 1 N–H and O–H groups in total. The van der Waals surface area contributed by atoms with Crippen LogP contribution >= 0.6 is 0 Å². The van der Waals surface area contributed by atoms with Crippen molar-refractivity contribution in [1.29, 1.82) is 0 Å². The lowest BCUT2D eigenvalue weighted by molar-refractivity contribution is -0.146. The number of anilines is 2. The van der Waals surface area contributed by atoms with Gasteiger partial charge in [0.15, 0.2) is 5.65 Å². The zero-order valence-electron chi connectivity index (χ0n) is 20.0. The van der Waals surface area contributed by atoms with Gasteiger partial charge in [0.05, 0.1) is 11.4 Å². The quantitative estimate of drug-likeness (QED) is 0.455. The Morgan fingerprint density at radius 2 is 1.67 bits per heavy atom. The smallest absolute Gasteiger partial charge is 0.355 e. The highest BCUT2D eigenvalue weighted by Gasteiger charge is 2.38. The van der Waals surface area contributed by atoms with Crippen molar-refractivity contribution in [1.82, 2.24) is 29.6 Å². The SMILES string of the molecule is Cc1cc(C)cc(-n2nc(C)cc2NC(=O)C2CCN(c3ccc4nnc(C(F)(F)F)n4n3)CC2)c1. The van der Waals surface area contributed by atoms with Crippen molar-refractivity contribution in [2.75, 3.05) is 23.3 Å². The first-order chi connectivity index (χ1) is 17.1. The van der Waals surface area contributed by atoms with Crippen molar-refractivity contribution in [2.24, 2.45) is 5.92 Å². The van der Waals surface area contributed by atoms with Crippen LogP contribution in [0.2, 0.25) is 0 Å². The van der Waals surface area contributed by atoms with Gasteiger partial charge in [0.2, 0.25) is 5.91 Å². The number of benzene rings is 1. The fourth-order valence-electron chi connectivity index (χ4n) is 4.58. The predicted molar refractivity (Wildman–Crippen MR) is 127 cm³/mol. The maximum absolute atomic E-state index is 13.2. The maximum Gasteiger partial charge on any atom is 0.453 e. The Labute approximate surface area is 204 Å². The first-order valence-corrected chi connectivity index (χ1v) is 11.6. The minimum atomic E-state index is -4.65. The van der Waals surface area contributed by atoms with Crippen LogP contribution in [0.25, 0.3) is 11.3 Å². The Bertz CT molecular complexity index is 1410. The molecular formula is C24H25F3N8O. The van der Waals surface area contributed by atoms with Crippen LogP contribution in [0.1, 0.15) is 35.5 Å². The summed E-state index contributed by atoms with van der Waals surface area (Å²) in [6.07, 6.45) is -3.58. The lowest BCUT2D eigenvalue weighted by atomic mass is 9.96. The molecular weight excluding hydrogens is 473 g/mol. The molecule has 0 bridgehead atoms. The summed E-state index contributed by atoms with van der Waals surface area (Å²) in [4.78, 5) is 15.0. The van der Waals surface area contributed by atoms with Crippen LogP contribution in [0.5, 0.6) is 0 Å². The first kappa shape index (κ1) is 23.8. The second-order valence-electron chi connectivity index (χ2n) is 9.16. The zero-order chi connectivity index (χ0) is 25.6. The van der Waals surface area contributed by atoms with E-state index in [-0.39, 0.29) is 17.5 Å². The lowest BCUT2D eigenvalue weighted by Crippen LogP contribution is -2.39. The van der Waals surface area contributed by atoms with E-state index in [4.69, 9.17) is 0 Å². The van der Waals surface area contributed by atoms with Crippen LogP contribution in [0.3, 0.4) is 0 Å². The number of piperidine rings is 1. The van der Waals surface area contributed by atoms with E-state index in [1.165, 1.54) is 6.07 Å². The number of aryl methyl sites for hydroxylation is 3. The molecule has 1 fully saturated rings. The van der Waals surface area contributed by atoms with Gasteiger partial charge in [0.25, 0.3) is 5.82 Å². The topological polar surface area (TPSA) is 93.2 Å². The van der Waals surface area contributed by atoms with E-state index in [0.717, 1.165) is 22.5 Å². The minimum absolute atomic E-state index is 0.0241. The minimum Gasteiger partial charge on any atom is -0.355 e. The van der Waals surface area contributed by atoms with Gasteiger partial charge >= 0.3 is 6.18 Å². The summed E-state index contributed by atoms with van der Waals surface area (Å²) in [6, 6.07) is 11.0. The molecule has 4 aromatic rings. The van der Waals surface area contributed by atoms with Gasteiger partial charge in [0.1, 0.15) is 11.6 Å². The van der Waals surface area contributed by atoms with E-state index >= 15 is 0 Å². The number of aromatic nitrogens is 6. The van der Waals surface area contributed by atoms with E-state index in [1.54, 1.807) is 10.7 Å². The number of alkyl halides is 3. The number of hydrogen-bond donors (Lipinski definition) is 1. The van der Waals surface area contributed by atoms with Crippen LogP contribution in [-0.4, -0.2) is 48.6 Å². The second-order valence-corrected chi connectivity index (χ2v) is 9.16. The van der Waals surface area contributed by atoms with Gasteiger partial charge in [-0.3, -0.25) is 4.79 Å². The number of carbonyl (C=O) groups excluding carboxylic acids is 1. The van der Waals surface area contributed by atoms with Crippen LogP contribution in [0.15, 0.2) is 36.4 Å². The normalized spacial score (nSPS) is 15.0. The van der Waals surface area contributed by atoms with Gasteiger partial charge in [-0.25, -0.2) is 4.68 Å². The van der Waals surface area contributed by atoms with Gasteiger partial charge in [0, 0.05) is 25.1 Å². The summed E-state index contributed by atoms with van der Waals surface area (Å²) in [6.45, 7) is 6.86. The molecule has 0 saturated carbocycles. The molecule has 0 aliphatic carbocycles. The van der Waals surface area contributed by atoms with Crippen molar-refractivity contribution in [3.63, 3.8) is 0 Å². The standard InChI is InChI=1S/C24H25F3N8O/c1-14-10-15(2)12-18(11-14)34-21(13-16(3)31-34)28-22(36)17-6-8-33(9-7-17)20-5-4-19-29-30-23(24(25,26)27)35(19)32-20/h4-5,10-13,17H,6-9H2,1-3H3,(H,28,36). The van der Waals surface area contributed by atoms with Crippen LogP contribution in [0.4, 0.5) is 24.8 Å². The van der Waals surface area contributed by atoms with Gasteiger partial charge in [-0.2, -0.15) is 22.8 Å². The number of hydrogen-bond acceptors (Lipinski definition) is 6. The molecule has 5 rings (SSSR count). The largest absolute Gasteiger partial charge is 0.453 e. The maximum atomic E-state index is 13.2. The van der Waals surface area contributed by atoms with Crippen molar-refractivity contribution in [3.05, 3.63) is 59.0 Å². The Morgan fingerprint density at radius 1 is 0.972 bits per heavy atom. The molecule has 12 heteroatoms. The molecule has 0 unspecified atom stereocenters. The molecule has 0 radical (unpaired) electrons. The molecule has 3 aromatic heterocycles. The zero-order valence-corrected chi connectivity index (χ0v) is 20.0. The number of carbonyl (C=O) groups is 1. The second kappa shape index (κ2) is 8.92. The number of fused-ring (bicyclic) bond motifs is 1.